The third-order valence-electron chi connectivity index (χ3n) is 5.94. The average molecular weight is 411 g/mol. The number of ether oxygens (including phenoxy) is 2. The topological polar surface area (TPSA) is 72.8 Å². The number of rotatable bonds is 2. The van der Waals surface area contributed by atoms with Crippen molar-refractivity contribution in [3.63, 3.8) is 0 Å². The molecule has 1 N–H and O–H groups in total. The van der Waals surface area contributed by atoms with Crippen LogP contribution in [-0.4, -0.2) is 41.8 Å². The van der Waals surface area contributed by atoms with E-state index in [1.165, 1.54) is 0 Å². The van der Waals surface area contributed by atoms with Crippen LogP contribution >= 0.6 is 0 Å². The Bertz CT molecular complexity index is 564. The first-order chi connectivity index (χ1) is 13.4. The zero-order valence-corrected chi connectivity index (χ0v) is 19.5. The molecule has 5 nitrogen and oxygen atoms in total. The first-order valence-electron chi connectivity index (χ1n) is 11.1. The molecule has 0 saturated carbocycles. The lowest BCUT2D eigenvalue weighted by atomic mass is 9.79. The Kier molecular flexibility index (Phi) is 10.6. The van der Waals surface area contributed by atoms with Crippen molar-refractivity contribution in [2.24, 2.45) is 17.3 Å². The lowest BCUT2D eigenvalue weighted by molar-refractivity contribution is -0.152. The van der Waals surface area contributed by atoms with Crippen molar-refractivity contribution >= 4 is 11.8 Å². The highest BCUT2D eigenvalue weighted by molar-refractivity contribution is 5.85. The Hall–Kier alpha value is -1.20. The summed E-state index contributed by atoms with van der Waals surface area (Å²) in [6.07, 6.45) is 4.44. The van der Waals surface area contributed by atoms with Gasteiger partial charge >= 0.3 is 5.97 Å². The van der Waals surface area contributed by atoms with Crippen LogP contribution < -0.4 is 0 Å². The van der Waals surface area contributed by atoms with Gasteiger partial charge in [-0.3, -0.25) is 9.59 Å². The van der Waals surface area contributed by atoms with Gasteiger partial charge < -0.3 is 14.6 Å². The van der Waals surface area contributed by atoms with Gasteiger partial charge in [0.05, 0.1) is 18.8 Å². The Labute approximate surface area is 177 Å². The number of carbonyl (C=O) groups is 2. The third-order valence-corrected chi connectivity index (χ3v) is 5.94. The van der Waals surface area contributed by atoms with Gasteiger partial charge in [-0.1, -0.05) is 47.1 Å². The zero-order valence-electron chi connectivity index (χ0n) is 19.5. The first kappa shape index (κ1) is 25.8. The summed E-state index contributed by atoms with van der Waals surface area (Å²) in [4.78, 5) is 25.2. The molecule has 3 unspecified atom stereocenters. The van der Waals surface area contributed by atoms with Gasteiger partial charge in [-0.15, -0.1) is 0 Å². The summed E-state index contributed by atoms with van der Waals surface area (Å²) in [5.74, 6) is 0.102. The van der Waals surface area contributed by atoms with Crippen LogP contribution in [-0.2, 0) is 19.1 Å². The van der Waals surface area contributed by atoms with Crippen LogP contribution in [0.25, 0.3) is 0 Å². The maximum absolute atomic E-state index is 12.7. The van der Waals surface area contributed by atoms with E-state index in [0.717, 1.165) is 24.8 Å². The molecule has 1 heterocycles. The van der Waals surface area contributed by atoms with Crippen molar-refractivity contribution in [3.8, 4) is 0 Å². The van der Waals surface area contributed by atoms with E-state index in [2.05, 4.69) is 19.9 Å². The smallest absolute Gasteiger partial charge is 0.306 e. The number of Topliss-reactive ketones (excluding diaryl/α,β-unsaturated/α-hetero) is 1. The van der Waals surface area contributed by atoms with Gasteiger partial charge in [0.15, 0.2) is 0 Å². The summed E-state index contributed by atoms with van der Waals surface area (Å²) >= 11 is 0. The van der Waals surface area contributed by atoms with Crippen LogP contribution in [0.1, 0.15) is 87.0 Å². The first-order valence-corrected chi connectivity index (χ1v) is 11.1. The number of hydrogen-bond donors (Lipinski definition) is 1. The number of hydrogen-bond acceptors (Lipinski definition) is 5. The van der Waals surface area contributed by atoms with E-state index in [0.29, 0.717) is 18.9 Å². The Morgan fingerprint density at radius 3 is 2.48 bits per heavy atom. The van der Waals surface area contributed by atoms with E-state index in [1.54, 1.807) is 0 Å². The molecule has 0 amide bonds. The maximum atomic E-state index is 12.7. The SMILES string of the molecule is C/C(=C\C(C)C)C1COC(C)CCC[C@H](C)C(O)CC(=O)C(C)(C)CCC(=O)O1. The predicted octanol–water partition coefficient (Wildman–Crippen LogP) is 4.85. The monoisotopic (exact) mass is 410 g/mol. The summed E-state index contributed by atoms with van der Waals surface area (Å²) in [6, 6.07) is 0. The van der Waals surface area contributed by atoms with Gasteiger partial charge in [0, 0.05) is 18.3 Å². The second-order valence-electron chi connectivity index (χ2n) is 9.76. The molecule has 4 atom stereocenters. The van der Waals surface area contributed by atoms with Crippen LogP contribution in [0.4, 0.5) is 0 Å². The van der Waals surface area contributed by atoms with Crippen LogP contribution in [0.15, 0.2) is 11.6 Å². The Morgan fingerprint density at radius 1 is 1.21 bits per heavy atom. The number of allylic oxidation sites excluding steroid dienone is 1. The molecule has 0 bridgehead atoms. The molecule has 1 aliphatic heterocycles. The van der Waals surface area contributed by atoms with Crippen molar-refractivity contribution in [1.29, 1.82) is 0 Å². The van der Waals surface area contributed by atoms with Crippen LogP contribution in [0.3, 0.4) is 0 Å². The van der Waals surface area contributed by atoms with E-state index in [4.69, 9.17) is 9.47 Å². The highest BCUT2D eigenvalue weighted by Gasteiger charge is 2.31. The zero-order chi connectivity index (χ0) is 22.2. The number of esters is 1. The molecule has 0 aromatic heterocycles. The fourth-order valence-corrected chi connectivity index (χ4v) is 3.59. The van der Waals surface area contributed by atoms with Crippen molar-refractivity contribution < 1.29 is 24.2 Å². The van der Waals surface area contributed by atoms with Crippen LogP contribution in [0, 0.1) is 17.3 Å². The van der Waals surface area contributed by atoms with Gasteiger partial charge in [0.2, 0.25) is 0 Å². The lowest BCUT2D eigenvalue weighted by Crippen LogP contribution is -2.32. The summed E-state index contributed by atoms with van der Waals surface area (Å²) in [5.41, 5.74) is 0.328. The highest BCUT2D eigenvalue weighted by atomic mass is 16.6. The number of carbonyl (C=O) groups excluding carboxylic acids is 2. The maximum Gasteiger partial charge on any atom is 0.306 e. The number of aliphatic hydroxyl groups is 1. The Morgan fingerprint density at radius 2 is 1.86 bits per heavy atom. The normalized spacial score (nSPS) is 31.6. The van der Waals surface area contributed by atoms with E-state index >= 15 is 0 Å². The van der Waals surface area contributed by atoms with Crippen LogP contribution in [0.2, 0.25) is 0 Å². The lowest BCUT2D eigenvalue weighted by Gasteiger charge is -2.28. The molecule has 0 aliphatic carbocycles. The third kappa shape index (κ3) is 9.43. The molecule has 29 heavy (non-hydrogen) atoms. The van der Waals surface area contributed by atoms with Gasteiger partial charge in [-0.2, -0.15) is 0 Å². The summed E-state index contributed by atoms with van der Waals surface area (Å²) in [5, 5.41) is 10.4. The van der Waals surface area contributed by atoms with E-state index in [9.17, 15) is 14.7 Å². The largest absolute Gasteiger partial charge is 0.455 e. The van der Waals surface area contributed by atoms with Crippen molar-refractivity contribution in [2.75, 3.05) is 6.61 Å². The fourth-order valence-electron chi connectivity index (χ4n) is 3.59. The standard InChI is InChI=1S/C24H42O5/c1-16(2)13-18(4)21-15-28-19(5)10-8-9-17(3)20(25)14-22(26)24(6,7)12-11-23(27)29-21/h13,16-17,19-21,25H,8-12,14-15H2,1-7H3/b18-13+/t17-,19?,20?,21?/m0/s1. The number of cyclic esters (lactones) is 1. The minimum absolute atomic E-state index is 0.000815. The van der Waals surface area contributed by atoms with Gasteiger partial charge in [0.25, 0.3) is 0 Å². The van der Waals surface area contributed by atoms with E-state index in [-0.39, 0.29) is 36.6 Å². The molecule has 1 fully saturated rings. The van der Waals surface area contributed by atoms with Crippen molar-refractivity contribution in [3.05, 3.63) is 11.6 Å². The summed E-state index contributed by atoms with van der Waals surface area (Å²) in [6.45, 7) is 14.2. The predicted molar refractivity (Wildman–Crippen MR) is 116 cm³/mol. The molecular weight excluding hydrogens is 368 g/mol. The summed E-state index contributed by atoms with van der Waals surface area (Å²) in [7, 11) is 0. The van der Waals surface area contributed by atoms with Gasteiger partial charge in [0.1, 0.15) is 11.9 Å². The average Bonchev–Trinajstić information content (AvgIpc) is 2.61. The molecule has 0 radical (unpaired) electrons. The minimum atomic E-state index is -0.667. The number of aliphatic hydroxyl groups excluding tert-OH is 1. The molecule has 0 aromatic carbocycles. The van der Waals surface area contributed by atoms with Gasteiger partial charge in [-0.05, 0) is 50.5 Å². The van der Waals surface area contributed by atoms with E-state index < -0.39 is 17.6 Å². The molecule has 5 heteroatoms. The highest BCUT2D eigenvalue weighted by Crippen LogP contribution is 2.28. The van der Waals surface area contributed by atoms with Crippen molar-refractivity contribution in [1.82, 2.24) is 0 Å². The van der Waals surface area contributed by atoms with Crippen LogP contribution in [0.5, 0.6) is 0 Å². The summed E-state index contributed by atoms with van der Waals surface area (Å²) < 4.78 is 11.7. The second-order valence-corrected chi connectivity index (χ2v) is 9.76. The van der Waals surface area contributed by atoms with Crippen molar-refractivity contribution in [2.45, 2.75) is 105 Å². The minimum Gasteiger partial charge on any atom is -0.455 e. The quantitative estimate of drug-likeness (QED) is 0.520. The number of ketones is 1. The molecule has 0 spiro atoms. The molecule has 0 aromatic rings. The second kappa shape index (κ2) is 11.8. The Balaban J connectivity index is 2.96. The molecule has 168 valence electrons. The molecular formula is C24H42O5. The fraction of sp³-hybridized carbons (Fsp3) is 0.833. The molecule has 1 aliphatic rings. The van der Waals surface area contributed by atoms with E-state index in [1.807, 2.05) is 34.6 Å². The van der Waals surface area contributed by atoms with Gasteiger partial charge in [-0.25, -0.2) is 0 Å². The molecule has 1 saturated heterocycles. The molecule has 1 rings (SSSR count).